The second-order valence-electron chi connectivity index (χ2n) is 8.58. The highest BCUT2D eigenvalue weighted by Crippen LogP contribution is 2.35. The highest BCUT2D eigenvalue weighted by Gasteiger charge is 2.40. The monoisotopic (exact) mass is 643 g/mol. The number of unbranched alkanes of at least 4 members (excludes halogenated alkanes) is 3. The molecule has 1 rings (SSSR count). The van der Waals surface area contributed by atoms with Crippen LogP contribution in [-0.2, 0) is 4.79 Å². The van der Waals surface area contributed by atoms with E-state index < -0.39 is 42.1 Å². The number of alkyl halides is 6. The van der Waals surface area contributed by atoms with Crippen LogP contribution in [-0.4, -0.2) is 53.6 Å². The lowest BCUT2D eigenvalue weighted by Gasteiger charge is -2.27. The van der Waals surface area contributed by atoms with Crippen LogP contribution in [0.15, 0.2) is 36.7 Å². The summed E-state index contributed by atoms with van der Waals surface area (Å²) in [7, 11) is 0. The molecule has 1 heterocycles. The summed E-state index contributed by atoms with van der Waals surface area (Å²) in [6.07, 6.45) is 3.26. The van der Waals surface area contributed by atoms with Gasteiger partial charge >= 0.3 is 18.8 Å². The zero-order valence-electron chi connectivity index (χ0n) is 27.0. The lowest BCUT2D eigenvalue weighted by atomic mass is 9.84. The quantitative estimate of drug-likeness (QED) is 0.0634. The van der Waals surface area contributed by atoms with Gasteiger partial charge in [0.25, 0.3) is 0 Å². The molecule has 0 saturated heterocycles. The number of nitrogens with one attached hydrogen (secondary N) is 3. The van der Waals surface area contributed by atoms with Gasteiger partial charge in [-0.3, -0.25) is 4.79 Å². The van der Waals surface area contributed by atoms with E-state index in [0.717, 1.165) is 12.6 Å². The number of rotatable bonds is 13. The predicted octanol–water partition coefficient (Wildman–Crippen LogP) is 8.30. The average molecular weight is 644 g/mol. The van der Waals surface area contributed by atoms with Crippen molar-refractivity contribution in [3.8, 4) is 0 Å². The maximum absolute atomic E-state index is 13.5. The Hall–Kier alpha value is -3.42. The van der Waals surface area contributed by atoms with Crippen molar-refractivity contribution in [2.24, 2.45) is 17.6 Å². The lowest BCUT2D eigenvalue weighted by molar-refractivity contribution is -0.115. The Morgan fingerprint density at radius 2 is 1.66 bits per heavy atom. The van der Waals surface area contributed by atoms with Crippen LogP contribution in [0.5, 0.6) is 0 Å². The second kappa shape index (κ2) is 28.4. The molecule has 0 fully saturated rings. The summed E-state index contributed by atoms with van der Waals surface area (Å²) in [6, 6.07) is 1.39. The van der Waals surface area contributed by atoms with Crippen LogP contribution in [0.25, 0.3) is 0 Å². The number of carboxylic acids is 1. The molecule has 0 saturated carbocycles. The van der Waals surface area contributed by atoms with Crippen molar-refractivity contribution in [2.45, 2.75) is 93.9 Å². The van der Waals surface area contributed by atoms with Crippen LogP contribution in [0.3, 0.4) is 0 Å². The third-order valence-electron chi connectivity index (χ3n) is 5.33. The van der Waals surface area contributed by atoms with Gasteiger partial charge in [-0.1, -0.05) is 67.4 Å². The van der Waals surface area contributed by atoms with Gasteiger partial charge in [-0.2, -0.15) is 26.3 Å². The Morgan fingerprint density at radius 1 is 1.14 bits per heavy atom. The fourth-order valence-corrected chi connectivity index (χ4v) is 3.25. The predicted molar refractivity (Wildman–Crippen MR) is 166 cm³/mol. The molecule has 0 aliphatic carbocycles. The number of anilines is 1. The zero-order chi connectivity index (χ0) is 35.5. The molecule has 0 aliphatic rings. The molecule has 2 atom stereocenters. The van der Waals surface area contributed by atoms with Crippen LogP contribution in [0.4, 0.5) is 32.2 Å². The fourth-order valence-electron chi connectivity index (χ4n) is 3.25. The normalized spacial score (nSPS) is 11.8. The molecule has 14 heteroatoms. The first-order chi connectivity index (χ1) is 20.5. The number of hydrogen-bond acceptors (Lipinski definition) is 6. The minimum Gasteiger partial charge on any atom is -0.478 e. The summed E-state index contributed by atoms with van der Waals surface area (Å²) in [5.74, 6) is -4.17. The van der Waals surface area contributed by atoms with E-state index in [1.54, 1.807) is 6.92 Å². The maximum Gasteiger partial charge on any atom is 0.414 e. The van der Waals surface area contributed by atoms with E-state index in [0.29, 0.717) is 11.8 Å². The number of carboxylic acid groups (broad SMARTS) is 1. The first-order valence-corrected chi connectivity index (χ1v) is 14.3. The minimum absolute atomic E-state index is 0.000881. The highest BCUT2D eigenvalue weighted by molar-refractivity contribution is 5.93. The van der Waals surface area contributed by atoms with E-state index >= 15 is 0 Å². The average Bonchev–Trinajstić information content (AvgIpc) is 2.95. The van der Waals surface area contributed by atoms with E-state index in [1.165, 1.54) is 51.8 Å². The van der Waals surface area contributed by atoms with Crippen LogP contribution in [0.2, 0.25) is 0 Å². The van der Waals surface area contributed by atoms with Crippen molar-refractivity contribution in [1.82, 2.24) is 10.3 Å². The molecule has 0 bridgehead atoms. The third kappa shape index (κ3) is 24.1. The molecule has 0 radical (unpaired) electrons. The summed E-state index contributed by atoms with van der Waals surface area (Å²) in [6.45, 7) is 14.7. The number of carbonyl (C=O) groups is 2. The number of nitrogens with zero attached hydrogens (tertiary/aromatic N) is 1. The second-order valence-corrected chi connectivity index (χ2v) is 8.58. The maximum atomic E-state index is 13.5. The van der Waals surface area contributed by atoms with E-state index in [1.807, 2.05) is 33.0 Å². The van der Waals surface area contributed by atoms with Crippen molar-refractivity contribution in [1.29, 1.82) is 5.41 Å². The van der Waals surface area contributed by atoms with Crippen molar-refractivity contribution in [2.75, 3.05) is 18.4 Å². The van der Waals surface area contributed by atoms with Gasteiger partial charge in [0.1, 0.15) is 11.4 Å². The Labute approximate surface area is 258 Å². The molecule has 44 heavy (non-hydrogen) atoms. The Balaban J connectivity index is -0.000000444. The lowest BCUT2D eigenvalue weighted by Crippen LogP contribution is -2.34. The molecule has 256 valence electrons. The van der Waals surface area contributed by atoms with Crippen molar-refractivity contribution in [3.63, 3.8) is 0 Å². The minimum atomic E-state index is -4.74. The van der Waals surface area contributed by atoms with Gasteiger partial charge in [0.2, 0.25) is 5.91 Å². The number of aromatic nitrogens is 1. The van der Waals surface area contributed by atoms with Crippen LogP contribution in [0.1, 0.15) is 90.1 Å². The molecule has 2 unspecified atom stereocenters. The first-order valence-electron chi connectivity index (χ1n) is 14.3. The summed E-state index contributed by atoms with van der Waals surface area (Å²) in [5.41, 5.74) is 4.69. The smallest absolute Gasteiger partial charge is 0.414 e. The SMILES string of the molecule is C=CC(=O)N/C=C(\C(C)C(CNc1ncc(C)cc1C(=O)O)C(C)=N)C(F)(F)F.CC.CC.CCCCCCN.FC(F)F. The fraction of sp³-hybridized carbons (Fsp3) is 0.600. The summed E-state index contributed by atoms with van der Waals surface area (Å²) in [4.78, 5) is 26.6. The number of halogens is 6. The largest absolute Gasteiger partial charge is 0.478 e. The van der Waals surface area contributed by atoms with Gasteiger partial charge in [-0.15, -0.1) is 0 Å². The van der Waals surface area contributed by atoms with E-state index in [9.17, 15) is 41.0 Å². The summed E-state index contributed by atoms with van der Waals surface area (Å²) >= 11 is 0. The van der Waals surface area contributed by atoms with E-state index in [-0.39, 0.29) is 23.6 Å². The zero-order valence-corrected chi connectivity index (χ0v) is 27.0. The van der Waals surface area contributed by atoms with E-state index in [2.05, 4.69) is 23.8 Å². The van der Waals surface area contributed by atoms with Gasteiger partial charge in [-0.25, -0.2) is 9.78 Å². The molecule has 0 spiro atoms. The number of hydrogen-bond donors (Lipinski definition) is 5. The molecule has 0 aliphatic heterocycles. The van der Waals surface area contributed by atoms with Gasteiger partial charge in [0, 0.05) is 30.6 Å². The number of pyridine rings is 1. The molecular formula is C30H51F6N5O3. The molecule has 1 aromatic rings. The first kappa shape index (κ1) is 47.5. The van der Waals surface area contributed by atoms with Crippen LogP contribution in [0, 0.1) is 24.2 Å². The van der Waals surface area contributed by atoms with Gasteiger partial charge < -0.3 is 26.9 Å². The molecule has 1 amide bonds. The molecule has 8 nitrogen and oxygen atoms in total. The molecule has 6 N–H and O–H groups in total. The number of aryl methyl sites for hydroxylation is 1. The number of allylic oxidation sites excluding steroid dienone is 1. The standard InChI is InChI=1S/C19H23F3N4O3.C6H15N.2C2H6.CHF3/c1-5-16(27)24-9-15(19(20,21)22)11(3)14(12(4)23)8-26-17-13(18(28)29)6-10(2)7-25-17;1-2-3-4-5-6-7;2*1-2;2-1(3)4/h5-7,9,11,14,23H,1,8H2,2-4H3,(H,24,27)(H,25,26)(H,28,29);2-7H2,1H3;2*1-2H3;1H/b15-9+,23-12?;;;;. The summed E-state index contributed by atoms with van der Waals surface area (Å²) < 4.78 is 69.5. The number of aromatic carboxylic acids is 1. The number of amides is 1. The Bertz CT molecular complexity index is 966. The van der Waals surface area contributed by atoms with Crippen molar-refractivity contribution >= 4 is 23.4 Å². The van der Waals surface area contributed by atoms with Crippen LogP contribution >= 0.6 is 0 Å². The van der Waals surface area contributed by atoms with Crippen molar-refractivity contribution < 1.29 is 41.0 Å². The van der Waals surface area contributed by atoms with Crippen molar-refractivity contribution in [3.05, 3.63) is 47.8 Å². The molecular weight excluding hydrogens is 592 g/mol. The van der Waals surface area contributed by atoms with Gasteiger partial charge in [0.05, 0.1) is 5.57 Å². The summed E-state index contributed by atoms with van der Waals surface area (Å²) in [5, 5.41) is 21.9. The molecule has 1 aromatic heterocycles. The topological polar surface area (TPSA) is 141 Å². The Kier molecular flexibility index (Phi) is 30.6. The Morgan fingerprint density at radius 3 is 2.05 bits per heavy atom. The van der Waals surface area contributed by atoms with Gasteiger partial charge in [-0.05, 0) is 50.4 Å². The highest BCUT2D eigenvalue weighted by atomic mass is 19.4. The number of nitrogens with two attached hydrogens (primary N) is 1. The number of carbonyl (C=O) groups excluding carboxylic acids is 1. The van der Waals surface area contributed by atoms with Gasteiger partial charge in [0.15, 0.2) is 0 Å². The van der Waals surface area contributed by atoms with E-state index in [4.69, 9.17) is 11.1 Å². The molecule has 0 aromatic carbocycles. The third-order valence-corrected chi connectivity index (χ3v) is 5.33. The van der Waals surface area contributed by atoms with Crippen LogP contribution < -0.4 is 16.4 Å².